The summed E-state index contributed by atoms with van der Waals surface area (Å²) < 4.78 is 2.39. The molecule has 0 aliphatic carbocycles. The molecule has 0 aliphatic rings. The van der Waals surface area contributed by atoms with Crippen molar-refractivity contribution in [3.8, 4) is 0 Å². The normalized spacial score (nSPS) is 10.6. The first-order chi connectivity index (χ1) is 9.41. The van der Waals surface area contributed by atoms with E-state index in [1.54, 1.807) is 19.1 Å². The van der Waals surface area contributed by atoms with Gasteiger partial charge in [-0.1, -0.05) is 12.1 Å². The van der Waals surface area contributed by atoms with Gasteiger partial charge in [0.1, 0.15) is 10.3 Å². The van der Waals surface area contributed by atoms with Crippen LogP contribution >= 0.6 is 38.5 Å². The molecule has 2 rings (SSSR count). The second-order valence-corrected chi connectivity index (χ2v) is 6.01. The van der Waals surface area contributed by atoms with Gasteiger partial charge in [-0.15, -0.1) is 0 Å². The number of nitro groups is 1. The molecule has 1 aromatic heterocycles. The highest BCUT2D eigenvalue weighted by Gasteiger charge is 2.16. The van der Waals surface area contributed by atoms with Crippen molar-refractivity contribution in [2.45, 2.75) is 13.5 Å². The van der Waals surface area contributed by atoms with Gasteiger partial charge in [-0.3, -0.25) is 19.5 Å². The Morgan fingerprint density at radius 1 is 1.50 bits per heavy atom. The number of benzene rings is 1. The van der Waals surface area contributed by atoms with Gasteiger partial charge in [0.2, 0.25) is 0 Å². The summed E-state index contributed by atoms with van der Waals surface area (Å²) in [4.78, 5) is 26.7. The Labute approximate surface area is 136 Å². The van der Waals surface area contributed by atoms with Crippen LogP contribution in [0.1, 0.15) is 11.4 Å². The van der Waals surface area contributed by atoms with Gasteiger partial charge in [-0.05, 0) is 51.0 Å². The number of nitrogens with zero attached hydrogens (tertiary/aromatic N) is 3. The fourth-order valence-corrected chi connectivity index (χ4v) is 2.70. The van der Waals surface area contributed by atoms with Gasteiger partial charge in [0.05, 0.1) is 15.0 Å². The SMILES string of the molecule is Cc1ncc(I)c(=O)n1Cc1cccc([N+](=O)[O-])c1Br. The van der Waals surface area contributed by atoms with Gasteiger partial charge in [0.15, 0.2) is 0 Å². The summed E-state index contributed by atoms with van der Waals surface area (Å²) in [5.41, 5.74) is 0.483. The number of aromatic nitrogens is 2. The maximum atomic E-state index is 12.1. The van der Waals surface area contributed by atoms with E-state index in [0.717, 1.165) is 0 Å². The predicted molar refractivity (Wildman–Crippen MR) is 85.8 cm³/mol. The molecular weight excluding hydrogens is 441 g/mol. The molecule has 1 aromatic carbocycles. The number of halogens is 2. The van der Waals surface area contributed by atoms with Crippen LogP contribution in [0, 0.1) is 20.6 Å². The lowest BCUT2D eigenvalue weighted by molar-refractivity contribution is -0.385. The molecule has 1 heterocycles. The van der Waals surface area contributed by atoms with Crippen LogP contribution in [0.4, 0.5) is 5.69 Å². The summed E-state index contributed by atoms with van der Waals surface area (Å²) in [5, 5.41) is 10.9. The lowest BCUT2D eigenvalue weighted by atomic mass is 10.2. The Balaban J connectivity index is 2.52. The molecule has 0 fully saturated rings. The van der Waals surface area contributed by atoms with Crippen molar-refractivity contribution in [1.29, 1.82) is 0 Å². The van der Waals surface area contributed by atoms with Crippen molar-refractivity contribution in [2.24, 2.45) is 0 Å². The zero-order chi connectivity index (χ0) is 14.9. The van der Waals surface area contributed by atoms with Gasteiger partial charge < -0.3 is 0 Å². The van der Waals surface area contributed by atoms with Crippen molar-refractivity contribution in [1.82, 2.24) is 9.55 Å². The van der Waals surface area contributed by atoms with E-state index in [0.29, 0.717) is 19.4 Å². The smallest absolute Gasteiger partial charge is 0.283 e. The molecule has 0 N–H and O–H groups in total. The molecule has 0 radical (unpaired) electrons. The molecule has 0 spiro atoms. The summed E-state index contributed by atoms with van der Waals surface area (Å²) in [6, 6.07) is 4.75. The molecule has 2 aromatic rings. The number of nitro benzene ring substituents is 1. The first kappa shape index (κ1) is 15.1. The predicted octanol–water partition coefficient (Wildman–Crippen LogP) is 2.88. The molecule has 0 amide bonds. The summed E-state index contributed by atoms with van der Waals surface area (Å²) in [6.07, 6.45) is 1.51. The summed E-state index contributed by atoms with van der Waals surface area (Å²) in [7, 11) is 0. The highest BCUT2D eigenvalue weighted by Crippen LogP contribution is 2.28. The second-order valence-electron chi connectivity index (χ2n) is 4.05. The molecule has 20 heavy (non-hydrogen) atoms. The Morgan fingerprint density at radius 2 is 2.20 bits per heavy atom. The van der Waals surface area contributed by atoms with Crippen LogP contribution in [0.3, 0.4) is 0 Å². The first-order valence-corrected chi connectivity index (χ1v) is 7.42. The summed E-state index contributed by atoms with van der Waals surface area (Å²) in [5.74, 6) is 0.564. The summed E-state index contributed by atoms with van der Waals surface area (Å²) in [6.45, 7) is 1.96. The van der Waals surface area contributed by atoms with Crippen LogP contribution < -0.4 is 5.56 Å². The van der Waals surface area contributed by atoms with Crippen LogP contribution in [0.5, 0.6) is 0 Å². The third-order valence-corrected chi connectivity index (χ3v) is 4.44. The Bertz CT molecular complexity index is 745. The van der Waals surface area contributed by atoms with Crippen LogP contribution in [0.2, 0.25) is 0 Å². The minimum absolute atomic E-state index is 0.0215. The Morgan fingerprint density at radius 3 is 2.85 bits per heavy atom. The standard InChI is InChI=1S/C12H9BrIN3O3/c1-7-15-5-9(14)12(18)16(7)6-8-3-2-4-10(11(8)13)17(19)20/h2-5H,6H2,1H3. The van der Waals surface area contributed by atoms with Gasteiger partial charge in [-0.25, -0.2) is 4.98 Å². The van der Waals surface area contributed by atoms with Crippen molar-refractivity contribution >= 4 is 44.2 Å². The van der Waals surface area contributed by atoms with Gasteiger partial charge in [0, 0.05) is 12.3 Å². The second kappa shape index (κ2) is 6.00. The fraction of sp³-hybridized carbons (Fsp3) is 0.167. The maximum absolute atomic E-state index is 12.1. The average molecular weight is 450 g/mol. The number of aryl methyl sites for hydroxylation is 1. The molecule has 0 aliphatic heterocycles. The van der Waals surface area contributed by atoms with E-state index in [1.165, 1.54) is 16.8 Å². The summed E-state index contributed by atoms with van der Waals surface area (Å²) >= 11 is 5.15. The van der Waals surface area contributed by atoms with Crippen molar-refractivity contribution in [2.75, 3.05) is 0 Å². The third kappa shape index (κ3) is 2.90. The van der Waals surface area contributed by atoms with Gasteiger partial charge in [-0.2, -0.15) is 0 Å². The van der Waals surface area contributed by atoms with E-state index in [1.807, 2.05) is 22.6 Å². The van der Waals surface area contributed by atoms with Crippen molar-refractivity contribution in [3.63, 3.8) is 0 Å². The number of hydrogen-bond acceptors (Lipinski definition) is 4. The molecule has 6 nitrogen and oxygen atoms in total. The minimum Gasteiger partial charge on any atom is -0.291 e. The number of rotatable bonds is 3. The lowest BCUT2D eigenvalue weighted by Crippen LogP contribution is -2.26. The molecule has 0 saturated carbocycles. The van der Waals surface area contributed by atoms with E-state index in [9.17, 15) is 14.9 Å². The van der Waals surface area contributed by atoms with E-state index in [2.05, 4.69) is 20.9 Å². The highest BCUT2D eigenvalue weighted by atomic mass is 127. The number of hydrogen-bond donors (Lipinski definition) is 0. The molecule has 0 bridgehead atoms. The molecule has 0 unspecified atom stereocenters. The maximum Gasteiger partial charge on any atom is 0.283 e. The first-order valence-electron chi connectivity index (χ1n) is 5.55. The largest absolute Gasteiger partial charge is 0.291 e. The molecule has 0 saturated heterocycles. The van der Waals surface area contributed by atoms with Crippen LogP contribution in [0.25, 0.3) is 0 Å². The van der Waals surface area contributed by atoms with Crippen LogP contribution in [-0.2, 0) is 6.54 Å². The molecule has 8 heteroatoms. The minimum atomic E-state index is -0.462. The van der Waals surface area contributed by atoms with E-state index >= 15 is 0 Å². The monoisotopic (exact) mass is 449 g/mol. The zero-order valence-corrected chi connectivity index (χ0v) is 14.1. The third-order valence-electron chi connectivity index (χ3n) is 2.79. The van der Waals surface area contributed by atoms with Crippen LogP contribution in [-0.4, -0.2) is 14.5 Å². The zero-order valence-electron chi connectivity index (χ0n) is 10.3. The van der Waals surface area contributed by atoms with Crippen LogP contribution in [0.15, 0.2) is 33.7 Å². The fourth-order valence-electron chi connectivity index (χ4n) is 1.74. The average Bonchev–Trinajstić information content (AvgIpc) is 2.40. The molecule has 0 atom stereocenters. The van der Waals surface area contributed by atoms with Gasteiger partial charge >= 0.3 is 0 Å². The topological polar surface area (TPSA) is 78.0 Å². The van der Waals surface area contributed by atoms with E-state index < -0.39 is 4.92 Å². The Kier molecular flexibility index (Phi) is 4.53. The highest BCUT2D eigenvalue weighted by molar-refractivity contribution is 14.1. The quantitative estimate of drug-likeness (QED) is 0.410. The van der Waals surface area contributed by atoms with E-state index in [-0.39, 0.29) is 17.8 Å². The Hall–Kier alpha value is -1.29. The lowest BCUT2D eigenvalue weighted by Gasteiger charge is -2.10. The molecular formula is C12H9BrIN3O3. The molecule has 104 valence electrons. The van der Waals surface area contributed by atoms with Crippen molar-refractivity contribution in [3.05, 3.63) is 64.3 Å². The van der Waals surface area contributed by atoms with Crippen molar-refractivity contribution < 1.29 is 4.92 Å². The van der Waals surface area contributed by atoms with E-state index in [4.69, 9.17) is 0 Å². The van der Waals surface area contributed by atoms with Gasteiger partial charge in [0.25, 0.3) is 11.2 Å².